The molecule has 0 unspecified atom stereocenters. The van der Waals surface area contributed by atoms with Gasteiger partial charge < -0.3 is 24.3 Å². The zero-order chi connectivity index (χ0) is 27.4. The van der Waals surface area contributed by atoms with Crippen molar-refractivity contribution in [2.75, 3.05) is 36.4 Å². The monoisotopic (exact) mass is 542 g/mol. The number of fused-ring (bicyclic) bond motifs is 1. The van der Waals surface area contributed by atoms with Gasteiger partial charge in [-0.2, -0.15) is 0 Å². The number of nitrogens with zero attached hydrogens (tertiary/aromatic N) is 2. The van der Waals surface area contributed by atoms with Gasteiger partial charge in [-0.1, -0.05) is 18.2 Å². The van der Waals surface area contributed by atoms with E-state index in [1.807, 2.05) is 67.3 Å². The van der Waals surface area contributed by atoms with E-state index in [-0.39, 0.29) is 23.0 Å². The summed E-state index contributed by atoms with van der Waals surface area (Å²) in [5.74, 6) is 0.706. The van der Waals surface area contributed by atoms with Gasteiger partial charge in [-0.3, -0.25) is 14.9 Å². The third-order valence-corrected chi connectivity index (χ3v) is 6.61. The summed E-state index contributed by atoms with van der Waals surface area (Å²) in [4.78, 5) is 29.5. The third kappa shape index (κ3) is 6.38. The fourth-order valence-corrected chi connectivity index (χ4v) is 4.67. The molecule has 0 saturated carbocycles. The topological polar surface area (TPSA) is 87.0 Å². The number of nitrogens with one attached hydrogen (secondary N) is 2. The average molecular weight is 543 g/mol. The highest BCUT2D eigenvalue weighted by Crippen LogP contribution is 2.23. The Kier molecular flexibility index (Phi) is 7.79. The van der Waals surface area contributed by atoms with E-state index in [0.717, 1.165) is 22.3 Å². The summed E-state index contributed by atoms with van der Waals surface area (Å²) in [6.07, 6.45) is 0.0650. The SMILES string of the molecule is CC(C)Oc1ccc(C(=O)NC(=S)Nc2ccc(N3CCN(C(=O)c4cc5ccccc5o4)CC3)cc2)cc1. The Bertz CT molecular complexity index is 1440. The van der Waals surface area contributed by atoms with Crippen molar-refractivity contribution in [2.24, 2.45) is 0 Å². The van der Waals surface area contributed by atoms with Crippen molar-refractivity contribution in [3.8, 4) is 5.75 Å². The minimum atomic E-state index is -0.296. The van der Waals surface area contributed by atoms with Crippen LogP contribution in [0.4, 0.5) is 11.4 Å². The second-order valence-electron chi connectivity index (χ2n) is 9.57. The molecule has 1 aliphatic rings. The van der Waals surface area contributed by atoms with Crippen molar-refractivity contribution in [3.05, 3.63) is 90.2 Å². The van der Waals surface area contributed by atoms with Crippen LogP contribution in [0.3, 0.4) is 0 Å². The zero-order valence-electron chi connectivity index (χ0n) is 21.8. The van der Waals surface area contributed by atoms with Crippen LogP contribution < -0.4 is 20.3 Å². The molecule has 2 amide bonds. The number of amides is 2. The summed E-state index contributed by atoms with van der Waals surface area (Å²) < 4.78 is 11.4. The van der Waals surface area contributed by atoms with Crippen LogP contribution >= 0.6 is 12.2 Å². The third-order valence-electron chi connectivity index (χ3n) is 6.41. The van der Waals surface area contributed by atoms with Crippen LogP contribution in [0.1, 0.15) is 34.8 Å². The number of para-hydroxylation sites is 1. The standard InChI is InChI=1S/C30H30N4O4S/c1-20(2)37-25-13-7-21(8-14-25)28(35)32-30(39)31-23-9-11-24(12-10-23)33-15-17-34(18-16-33)29(36)27-19-22-5-3-4-6-26(22)38-27/h3-14,19-20H,15-18H2,1-2H3,(H2,31,32,35,39). The quantitative estimate of drug-likeness (QED) is 0.319. The number of carbonyl (C=O) groups excluding carboxylic acids is 2. The van der Waals surface area contributed by atoms with E-state index in [1.165, 1.54) is 0 Å². The van der Waals surface area contributed by atoms with Crippen LogP contribution in [0, 0.1) is 0 Å². The number of carbonyl (C=O) groups is 2. The molecule has 4 aromatic rings. The molecule has 0 bridgehead atoms. The summed E-state index contributed by atoms with van der Waals surface area (Å²) in [5, 5.41) is 6.90. The number of ether oxygens (including phenoxy) is 1. The Hall–Kier alpha value is -4.37. The van der Waals surface area contributed by atoms with E-state index in [1.54, 1.807) is 30.3 Å². The molecular formula is C30H30N4O4S. The van der Waals surface area contributed by atoms with Crippen molar-refractivity contribution in [2.45, 2.75) is 20.0 Å². The molecule has 0 aliphatic carbocycles. The van der Waals surface area contributed by atoms with Crippen LogP contribution in [0.2, 0.25) is 0 Å². The van der Waals surface area contributed by atoms with Crippen molar-refractivity contribution in [3.63, 3.8) is 0 Å². The molecule has 5 rings (SSSR count). The fourth-order valence-electron chi connectivity index (χ4n) is 4.46. The number of benzene rings is 3. The lowest BCUT2D eigenvalue weighted by molar-refractivity contribution is 0.0717. The predicted molar refractivity (Wildman–Crippen MR) is 157 cm³/mol. The maximum absolute atomic E-state index is 12.9. The molecule has 1 fully saturated rings. The van der Waals surface area contributed by atoms with Gasteiger partial charge in [0.15, 0.2) is 10.9 Å². The average Bonchev–Trinajstić information content (AvgIpc) is 3.38. The first-order valence-corrected chi connectivity index (χ1v) is 13.3. The Balaban J connectivity index is 1.11. The molecule has 9 heteroatoms. The lowest BCUT2D eigenvalue weighted by Crippen LogP contribution is -2.48. The zero-order valence-corrected chi connectivity index (χ0v) is 22.7. The van der Waals surface area contributed by atoms with Crippen LogP contribution in [-0.4, -0.2) is 54.1 Å². The molecule has 3 aromatic carbocycles. The highest BCUT2D eigenvalue weighted by Gasteiger charge is 2.24. The number of hydrogen-bond acceptors (Lipinski definition) is 6. The van der Waals surface area contributed by atoms with Gasteiger partial charge in [0.2, 0.25) is 0 Å². The normalized spacial score (nSPS) is 13.4. The maximum Gasteiger partial charge on any atom is 0.289 e. The molecule has 1 aromatic heterocycles. The van der Waals surface area contributed by atoms with Gasteiger partial charge in [0.1, 0.15) is 11.3 Å². The number of anilines is 2. The van der Waals surface area contributed by atoms with E-state index in [9.17, 15) is 9.59 Å². The van der Waals surface area contributed by atoms with Crippen LogP contribution in [0.25, 0.3) is 11.0 Å². The molecule has 8 nitrogen and oxygen atoms in total. The predicted octanol–water partition coefficient (Wildman–Crippen LogP) is 5.31. The maximum atomic E-state index is 12.9. The Morgan fingerprint density at radius 2 is 1.62 bits per heavy atom. The van der Waals surface area contributed by atoms with Crippen molar-refractivity contribution in [1.82, 2.24) is 10.2 Å². The van der Waals surface area contributed by atoms with Crippen molar-refractivity contribution in [1.29, 1.82) is 0 Å². The number of piperazine rings is 1. The summed E-state index contributed by atoms with van der Waals surface area (Å²) >= 11 is 5.33. The molecule has 2 N–H and O–H groups in total. The van der Waals surface area contributed by atoms with Gasteiger partial charge in [0.05, 0.1) is 6.10 Å². The van der Waals surface area contributed by atoms with Gasteiger partial charge in [0.25, 0.3) is 11.8 Å². The van der Waals surface area contributed by atoms with Gasteiger partial charge in [-0.25, -0.2) is 0 Å². The van der Waals surface area contributed by atoms with Crippen molar-refractivity contribution < 1.29 is 18.7 Å². The minimum absolute atomic E-state index is 0.0650. The van der Waals surface area contributed by atoms with E-state index in [4.69, 9.17) is 21.4 Å². The Morgan fingerprint density at radius 1 is 0.923 bits per heavy atom. The van der Waals surface area contributed by atoms with Crippen LogP contribution in [-0.2, 0) is 0 Å². The fraction of sp³-hybridized carbons (Fsp3) is 0.233. The lowest BCUT2D eigenvalue weighted by atomic mass is 10.2. The van der Waals surface area contributed by atoms with Crippen LogP contribution in [0.15, 0.2) is 83.3 Å². The van der Waals surface area contributed by atoms with Gasteiger partial charge in [0, 0.05) is 48.5 Å². The summed E-state index contributed by atoms with van der Waals surface area (Å²) in [6.45, 7) is 6.55. The molecule has 200 valence electrons. The summed E-state index contributed by atoms with van der Waals surface area (Å²) in [6, 6.07) is 24.2. The molecule has 0 radical (unpaired) electrons. The highest BCUT2D eigenvalue weighted by atomic mass is 32.1. The largest absolute Gasteiger partial charge is 0.491 e. The summed E-state index contributed by atoms with van der Waals surface area (Å²) in [5.41, 5.74) is 3.03. The number of furan rings is 1. The van der Waals surface area contributed by atoms with E-state index in [2.05, 4.69) is 15.5 Å². The van der Waals surface area contributed by atoms with E-state index < -0.39 is 0 Å². The first-order chi connectivity index (χ1) is 18.9. The molecule has 0 atom stereocenters. The number of hydrogen-bond donors (Lipinski definition) is 2. The first-order valence-electron chi connectivity index (χ1n) is 12.9. The second kappa shape index (κ2) is 11.6. The Morgan fingerprint density at radius 3 is 2.28 bits per heavy atom. The molecule has 39 heavy (non-hydrogen) atoms. The molecule has 1 saturated heterocycles. The molecular weight excluding hydrogens is 512 g/mol. The summed E-state index contributed by atoms with van der Waals surface area (Å²) in [7, 11) is 0. The second-order valence-corrected chi connectivity index (χ2v) is 9.98. The lowest BCUT2D eigenvalue weighted by Gasteiger charge is -2.35. The minimum Gasteiger partial charge on any atom is -0.491 e. The number of rotatable bonds is 6. The van der Waals surface area contributed by atoms with E-state index >= 15 is 0 Å². The van der Waals surface area contributed by atoms with Gasteiger partial charge in [-0.05, 0) is 86.7 Å². The van der Waals surface area contributed by atoms with Crippen molar-refractivity contribution >= 4 is 51.5 Å². The molecule has 1 aliphatic heterocycles. The molecule has 0 spiro atoms. The first kappa shape index (κ1) is 26.2. The van der Waals surface area contributed by atoms with Crippen LogP contribution in [0.5, 0.6) is 5.75 Å². The highest BCUT2D eigenvalue weighted by molar-refractivity contribution is 7.80. The van der Waals surface area contributed by atoms with E-state index in [0.29, 0.717) is 43.3 Å². The van der Waals surface area contributed by atoms with Gasteiger partial charge >= 0.3 is 0 Å². The Labute approximate surface area is 232 Å². The number of thiocarbonyl (C=S) groups is 1. The smallest absolute Gasteiger partial charge is 0.289 e. The van der Waals surface area contributed by atoms with Gasteiger partial charge in [-0.15, -0.1) is 0 Å². The molecule has 2 heterocycles.